The lowest BCUT2D eigenvalue weighted by atomic mass is 9.81. The number of hydrogen-bond donors (Lipinski definition) is 4. The molecule has 82 valence electrons. The van der Waals surface area contributed by atoms with Gasteiger partial charge in [0.15, 0.2) is 0 Å². The standard InChI is InChI=1S/C8H14O6/c9-2-4-1-5(14-3-10)7(12)8(13)6(4)11/h3-9,11-13H,1-2H2. The Balaban J connectivity index is 2.67. The van der Waals surface area contributed by atoms with Crippen molar-refractivity contribution in [1.82, 2.24) is 0 Å². The molecule has 1 aliphatic carbocycles. The third-order valence-electron chi connectivity index (χ3n) is 2.56. The number of hydrogen-bond acceptors (Lipinski definition) is 6. The highest BCUT2D eigenvalue weighted by atomic mass is 16.5. The highest BCUT2D eigenvalue weighted by Gasteiger charge is 2.43. The molecule has 0 spiro atoms. The third kappa shape index (κ3) is 2.03. The zero-order chi connectivity index (χ0) is 10.7. The fraction of sp³-hybridized carbons (Fsp3) is 0.875. The van der Waals surface area contributed by atoms with Crippen LogP contribution in [0.25, 0.3) is 0 Å². The number of aliphatic hydroxyl groups excluding tert-OH is 4. The summed E-state index contributed by atoms with van der Waals surface area (Å²) in [6, 6.07) is 0. The lowest BCUT2D eigenvalue weighted by Gasteiger charge is -2.38. The van der Waals surface area contributed by atoms with Crippen LogP contribution in [0.4, 0.5) is 0 Å². The monoisotopic (exact) mass is 206 g/mol. The Hall–Kier alpha value is -0.690. The van der Waals surface area contributed by atoms with Crippen molar-refractivity contribution in [3.63, 3.8) is 0 Å². The number of ether oxygens (including phenoxy) is 1. The first-order valence-corrected chi connectivity index (χ1v) is 4.36. The Kier molecular flexibility index (Phi) is 3.82. The molecule has 0 aromatic heterocycles. The van der Waals surface area contributed by atoms with Crippen molar-refractivity contribution in [1.29, 1.82) is 0 Å². The maximum Gasteiger partial charge on any atom is 0.293 e. The van der Waals surface area contributed by atoms with Crippen LogP contribution in [0.2, 0.25) is 0 Å². The van der Waals surface area contributed by atoms with E-state index < -0.39 is 30.3 Å². The lowest BCUT2D eigenvalue weighted by molar-refractivity contribution is -0.179. The maximum absolute atomic E-state index is 10.1. The maximum atomic E-state index is 10.1. The summed E-state index contributed by atoms with van der Waals surface area (Å²) in [6.45, 7) is -0.156. The van der Waals surface area contributed by atoms with E-state index in [-0.39, 0.29) is 19.5 Å². The van der Waals surface area contributed by atoms with Crippen LogP contribution in [0, 0.1) is 5.92 Å². The summed E-state index contributed by atoms with van der Waals surface area (Å²) in [5, 5.41) is 36.9. The third-order valence-corrected chi connectivity index (χ3v) is 2.56. The van der Waals surface area contributed by atoms with Crippen molar-refractivity contribution in [2.24, 2.45) is 5.92 Å². The number of carbonyl (C=O) groups excluding carboxylic acids is 1. The van der Waals surface area contributed by atoms with E-state index >= 15 is 0 Å². The van der Waals surface area contributed by atoms with E-state index in [1.165, 1.54) is 0 Å². The minimum Gasteiger partial charge on any atom is -0.462 e. The van der Waals surface area contributed by atoms with Gasteiger partial charge in [0.1, 0.15) is 18.3 Å². The summed E-state index contributed by atoms with van der Waals surface area (Å²) < 4.78 is 4.53. The number of rotatable bonds is 3. The molecule has 6 heteroatoms. The first kappa shape index (κ1) is 11.4. The summed E-state index contributed by atoms with van der Waals surface area (Å²) in [4.78, 5) is 10.1. The van der Waals surface area contributed by atoms with Crippen molar-refractivity contribution >= 4 is 6.47 Å². The van der Waals surface area contributed by atoms with Gasteiger partial charge in [0.2, 0.25) is 0 Å². The van der Waals surface area contributed by atoms with Crippen LogP contribution in [0.5, 0.6) is 0 Å². The van der Waals surface area contributed by atoms with E-state index in [9.17, 15) is 20.1 Å². The Morgan fingerprint density at radius 2 is 1.86 bits per heavy atom. The van der Waals surface area contributed by atoms with Crippen molar-refractivity contribution < 1.29 is 30.0 Å². The highest BCUT2D eigenvalue weighted by molar-refractivity contribution is 5.37. The minimum atomic E-state index is -1.40. The second kappa shape index (κ2) is 4.70. The van der Waals surface area contributed by atoms with Gasteiger partial charge in [0.05, 0.1) is 6.10 Å². The predicted molar refractivity (Wildman–Crippen MR) is 44.2 cm³/mol. The molecule has 1 rings (SSSR count). The van der Waals surface area contributed by atoms with Crippen LogP contribution in [-0.2, 0) is 9.53 Å². The molecular weight excluding hydrogens is 192 g/mol. The zero-order valence-electron chi connectivity index (χ0n) is 7.48. The van der Waals surface area contributed by atoms with E-state index in [1.807, 2.05) is 0 Å². The minimum absolute atomic E-state index is 0.134. The van der Waals surface area contributed by atoms with Crippen LogP contribution < -0.4 is 0 Å². The first-order valence-electron chi connectivity index (χ1n) is 4.36. The number of aliphatic hydroxyl groups is 4. The summed E-state index contributed by atoms with van der Waals surface area (Å²) in [5.41, 5.74) is 0. The molecule has 0 amide bonds. The van der Waals surface area contributed by atoms with E-state index in [0.717, 1.165) is 0 Å². The number of carbonyl (C=O) groups is 1. The van der Waals surface area contributed by atoms with Gasteiger partial charge in [-0.2, -0.15) is 0 Å². The Morgan fingerprint density at radius 1 is 1.21 bits per heavy atom. The van der Waals surface area contributed by atoms with E-state index in [1.54, 1.807) is 0 Å². The Labute approximate surface area is 80.7 Å². The molecule has 14 heavy (non-hydrogen) atoms. The van der Waals surface area contributed by atoms with Gasteiger partial charge in [0, 0.05) is 12.5 Å². The average molecular weight is 206 g/mol. The predicted octanol–water partition coefficient (Wildman–Crippen LogP) is -2.38. The Morgan fingerprint density at radius 3 is 2.36 bits per heavy atom. The quantitative estimate of drug-likeness (QED) is 0.384. The van der Waals surface area contributed by atoms with E-state index in [0.29, 0.717) is 0 Å². The van der Waals surface area contributed by atoms with Crippen molar-refractivity contribution in [2.45, 2.75) is 30.8 Å². The molecule has 0 bridgehead atoms. The molecule has 1 aliphatic rings. The van der Waals surface area contributed by atoms with Gasteiger partial charge in [-0.1, -0.05) is 0 Å². The molecule has 1 fully saturated rings. The van der Waals surface area contributed by atoms with Gasteiger partial charge in [0.25, 0.3) is 6.47 Å². The molecular formula is C8H14O6. The van der Waals surface area contributed by atoms with Gasteiger partial charge >= 0.3 is 0 Å². The van der Waals surface area contributed by atoms with Gasteiger partial charge in [-0.3, -0.25) is 4.79 Å². The van der Waals surface area contributed by atoms with Gasteiger partial charge in [-0.15, -0.1) is 0 Å². The molecule has 5 unspecified atom stereocenters. The lowest BCUT2D eigenvalue weighted by Crippen LogP contribution is -2.55. The molecule has 0 radical (unpaired) electrons. The van der Waals surface area contributed by atoms with Crippen molar-refractivity contribution in [2.75, 3.05) is 6.61 Å². The molecule has 4 N–H and O–H groups in total. The van der Waals surface area contributed by atoms with E-state index in [4.69, 9.17) is 5.11 Å². The molecule has 0 aromatic rings. The largest absolute Gasteiger partial charge is 0.462 e. The van der Waals surface area contributed by atoms with Crippen molar-refractivity contribution in [3.8, 4) is 0 Å². The van der Waals surface area contributed by atoms with Crippen LogP contribution in [-0.4, -0.2) is 57.9 Å². The van der Waals surface area contributed by atoms with Gasteiger partial charge in [-0.05, 0) is 6.42 Å². The first-order chi connectivity index (χ1) is 6.61. The van der Waals surface area contributed by atoms with Gasteiger partial charge < -0.3 is 25.2 Å². The SMILES string of the molecule is O=COC1CC(CO)C(O)C(O)C1O. The summed E-state index contributed by atoms with van der Waals surface area (Å²) in [5.74, 6) is -0.585. The summed E-state index contributed by atoms with van der Waals surface area (Å²) >= 11 is 0. The molecule has 0 saturated heterocycles. The Bertz CT molecular complexity index is 194. The topological polar surface area (TPSA) is 107 Å². The van der Waals surface area contributed by atoms with E-state index in [2.05, 4.69) is 4.74 Å². The second-order valence-corrected chi connectivity index (χ2v) is 3.42. The molecule has 1 saturated carbocycles. The zero-order valence-corrected chi connectivity index (χ0v) is 7.48. The second-order valence-electron chi connectivity index (χ2n) is 3.42. The fourth-order valence-electron chi connectivity index (χ4n) is 1.67. The summed E-state index contributed by atoms with van der Waals surface area (Å²) in [7, 11) is 0. The van der Waals surface area contributed by atoms with Crippen LogP contribution in [0.15, 0.2) is 0 Å². The fourth-order valence-corrected chi connectivity index (χ4v) is 1.67. The van der Waals surface area contributed by atoms with Crippen LogP contribution >= 0.6 is 0 Å². The summed E-state index contributed by atoms with van der Waals surface area (Å²) in [6.07, 6.45) is -4.64. The molecule has 6 nitrogen and oxygen atoms in total. The average Bonchev–Trinajstić information content (AvgIpc) is 2.19. The van der Waals surface area contributed by atoms with Crippen molar-refractivity contribution in [3.05, 3.63) is 0 Å². The molecule has 5 atom stereocenters. The molecule has 0 aromatic carbocycles. The molecule has 0 heterocycles. The van der Waals surface area contributed by atoms with Gasteiger partial charge in [-0.25, -0.2) is 0 Å². The van der Waals surface area contributed by atoms with Crippen LogP contribution in [0.1, 0.15) is 6.42 Å². The normalized spacial score (nSPS) is 43.3. The van der Waals surface area contributed by atoms with Crippen LogP contribution in [0.3, 0.4) is 0 Å². The highest BCUT2D eigenvalue weighted by Crippen LogP contribution is 2.27. The smallest absolute Gasteiger partial charge is 0.293 e. The molecule has 0 aliphatic heterocycles.